The van der Waals surface area contributed by atoms with Crippen molar-refractivity contribution in [3.63, 3.8) is 0 Å². The number of hydrogen-bond donors (Lipinski definition) is 1. The Labute approximate surface area is 116 Å². The monoisotopic (exact) mass is 265 g/mol. The molecule has 4 heteroatoms. The van der Waals surface area contributed by atoms with Crippen LogP contribution in [-0.4, -0.2) is 14.8 Å². The molecule has 4 nitrogen and oxygen atoms in total. The average Bonchev–Trinajstić information content (AvgIpc) is 2.88. The number of nitrogens with zero attached hydrogens (tertiary/aromatic N) is 2. The van der Waals surface area contributed by atoms with Gasteiger partial charge in [-0.05, 0) is 24.1 Å². The summed E-state index contributed by atoms with van der Waals surface area (Å²) in [5.41, 5.74) is 1.82. The highest BCUT2D eigenvalue weighted by Crippen LogP contribution is 2.05. The molecule has 0 fully saturated rings. The van der Waals surface area contributed by atoms with Gasteiger partial charge in [0.1, 0.15) is 5.82 Å². The van der Waals surface area contributed by atoms with Crippen LogP contribution in [0.1, 0.15) is 11.4 Å². The molecule has 0 aliphatic carbocycles. The van der Waals surface area contributed by atoms with Gasteiger partial charge < -0.3 is 0 Å². The van der Waals surface area contributed by atoms with Crippen LogP contribution in [0.25, 0.3) is 5.69 Å². The maximum absolute atomic E-state index is 11.9. The van der Waals surface area contributed by atoms with E-state index in [-0.39, 0.29) is 5.69 Å². The van der Waals surface area contributed by atoms with Gasteiger partial charge in [0.2, 0.25) is 0 Å². The number of aromatic amines is 1. The van der Waals surface area contributed by atoms with Gasteiger partial charge in [0.05, 0.1) is 5.69 Å². The Morgan fingerprint density at radius 2 is 1.55 bits per heavy atom. The molecule has 0 aliphatic rings. The summed E-state index contributed by atoms with van der Waals surface area (Å²) < 4.78 is 1.40. The molecule has 20 heavy (non-hydrogen) atoms. The fourth-order valence-corrected chi connectivity index (χ4v) is 2.13. The molecule has 0 saturated heterocycles. The fraction of sp³-hybridized carbons (Fsp3) is 0.125. The van der Waals surface area contributed by atoms with Gasteiger partial charge in [-0.3, -0.25) is 4.98 Å². The average molecular weight is 265 g/mol. The van der Waals surface area contributed by atoms with E-state index in [9.17, 15) is 4.79 Å². The first kappa shape index (κ1) is 12.4. The zero-order valence-electron chi connectivity index (χ0n) is 11.0. The van der Waals surface area contributed by atoms with E-state index < -0.39 is 0 Å². The van der Waals surface area contributed by atoms with Crippen molar-refractivity contribution in [3.05, 3.63) is 82.5 Å². The summed E-state index contributed by atoms with van der Waals surface area (Å²) in [5, 5.41) is 4.34. The first-order valence-electron chi connectivity index (χ1n) is 6.60. The van der Waals surface area contributed by atoms with Crippen LogP contribution in [0.15, 0.2) is 65.5 Å². The van der Waals surface area contributed by atoms with Crippen LogP contribution in [0, 0.1) is 0 Å². The summed E-state index contributed by atoms with van der Waals surface area (Å²) in [7, 11) is 0. The lowest BCUT2D eigenvalue weighted by Gasteiger charge is -1.99. The Bertz CT molecular complexity index is 729. The van der Waals surface area contributed by atoms with E-state index in [0.717, 1.165) is 18.5 Å². The first-order chi connectivity index (χ1) is 9.83. The van der Waals surface area contributed by atoms with Crippen LogP contribution >= 0.6 is 0 Å². The van der Waals surface area contributed by atoms with Crippen molar-refractivity contribution in [2.75, 3.05) is 0 Å². The molecule has 0 saturated carbocycles. The normalized spacial score (nSPS) is 10.6. The molecule has 1 N–H and O–H groups in total. The third kappa shape index (κ3) is 2.69. The summed E-state index contributed by atoms with van der Waals surface area (Å²) in [6, 6.07) is 19.6. The van der Waals surface area contributed by atoms with Crippen molar-refractivity contribution in [1.82, 2.24) is 14.8 Å². The Hall–Kier alpha value is -2.62. The van der Waals surface area contributed by atoms with Gasteiger partial charge in [-0.25, -0.2) is 4.79 Å². The van der Waals surface area contributed by atoms with Crippen molar-refractivity contribution in [3.8, 4) is 5.69 Å². The molecule has 0 amide bonds. The van der Waals surface area contributed by atoms with Crippen molar-refractivity contribution < 1.29 is 0 Å². The van der Waals surface area contributed by atoms with Crippen molar-refractivity contribution in [2.24, 2.45) is 0 Å². The molecule has 0 bridgehead atoms. The van der Waals surface area contributed by atoms with Crippen LogP contribution in [-0.2, 0) is 12.8 Å². The van der Waals surface area contributed by atoms with Gasteiger partial charge in [-0.1, -0.05) is 48.5 Å². The number of hydrogen-bond acceptors (Lipinski definition) is 2. The van der Waals surface area contributed by atoms with Crippen LogP contribution < -0.4 is 5.69 Å². The molecule has 0 radical (unpaired) electrons. The molecule has 0 aliphatic heterocycles. The van der Waals surface area contributed by atoms with E-state index in [1.165, 1.54) is 10.2 Å². The number of aromatic nitrogens is 3. The van der Waals surface area contributed by atoms with Gasteiger partial charge in [0.25, 0.3) is 0 Å². The van der Waals surface area contributed by atoms with Crippen molar-refractivity contribution in [1.29, 1.82) is 0 Å². The minimum atomic E-state index is -0.195. The van der Waals surface area contributed by atoms with Crippen LogP contribution in [0.4, 0.5) is 0 Å². The Morgan fingerprint density at radius 3 is 2.25 bits per heavy atom. The minimum Gasteiger partial charge on any atom is -0.292 e. The molecular weight excluding hydrogens is 250 g/mol. The summed E-state index contributed by atoms with van der Waals surface area (Å²) >= 11 is 0. The fourth-order valence-electron chi connectivity index (χ4n) is 2.13. The number of para-hydroxylation sites is 1. The molecule has 0 spiro atoms. The van der Waals surface area contributed by atoms with E-state index in [2.05, 4.69) is 22.2 Å². The van der Waals surface area contributed by atoms with Gasteiger partial charge >= 0.3 is 5.69 Å². The number of rotatable bonds is 4. The summed E-state index contributed by atoms with van der Waals surface area (Å²) in [4.78, 5) is 14.7. The second kappa shape index (κ2) is 5.57. The topological polar surface area (TPSA) is 50.7 Å². The lowest BCUT2D eigenvalue weighted by Crippen LogP contribution is -2.15. The second-order valence-electron chi connectivity index (χ2n) is 4.61. The lowest BCUT2D eigenvalue weighted by atomic mass is 10.1. The van der Waals surface area contributed by atoms with E-state index in [1.54, 1.807) is 0 Å². The SMILES string of the molecule is O=c1[nH]c(CCc2ccccc2)nn1-c1ccccc1. The number of aryl methyl sites for hydroxylation is 2. The summed E-state index contributed by atoms with van der Waals surface area (Å²) in [6.07, 6.45) is 1.58. The number of benzene rings is 2. The largest absolute Gasteiger partial charge is 0.348 e. The molecule has 0 unspecified atom stereocenters. The van der Waals surface area contributed by atoms with E-state index in [4.69, 9.17) is 0 Å². The lowest BCUT2D eigenvalue weighted by molar-refractivity contribution is 0.800. The maximum atomic E-state index is 11.9. The Morgan fingerprint density at radius 1 is 0.900 bits per heavy atom. The van der Waals surface area contributed by atoms with E-state index >= 15 is 0 Å². The Balaban J connectivity index is 1.78. The van der Waals surface area contributed by atoms with Gasteiger partial charge in [0.15, 0.2) is 0 Å². The number of nitrogens with one attached hydrogen (secondary N) is 1. The third-order valence-electron chi connectivity index (χ3n) is 3.16. The van der Waals surface area contributed by atoms with E-state index in [1.807, 2.05) is 48.5 Å². The minimum absolute atomic E-state index is 0.195. The zero-order valence-corrected chi connectivity index (χ0v) is 11.0. The predicted molar refractivity (Wildman–Crippen MR) is 78.0 cm³/mol. The first-order valence-corrected chi connectivity index (χ1v) is 6.60. The summed E-state index contributed by atoms with van der Waals surface area (Å²) in [6.45, 7) is 0. The zero-order chi connectivity index (χ0) is 13.8. The molecule has 3 rings (SSSR count). The number of H-pyrrole nitrogens is 1. The Kier molecular flexibility index (Phi) is 3.46. The molecular formula is C16H15N3O. The molecule has 0 atom stereocenters. The highest BCUT2D eigenvalue weighted by molar-refractivity contribution is 5.29. The summed E-state index contributed by atoms with van der Waals surface area (Å²) in [5.74, 6) is 0.711. The highest BCUT2D eigenvalue weighted by Gasteiger charge is 2.06. The molecule has 2 aromatic carbocycles. The smallest absolute Gasteiger partial charge is 0.292 e. The molecule has 100 valence electrons. The molecule has 3 aromatic rings. The van der Waals surface area contributed by atoms with Gasteiger partial charge in [0, 0.05) is 6.42 Å². The van der Waals surface area contributed by atoms with Crippen LogP contribution in [0.3, 0.4) is 0 Å². The van der Waals surface area contributed by atoms with Crippen LogP contribution in [0.5, 0.6) is 0 Å². The maximum Gasteiger partial charge on any atom is 0.348 e. The second-order valence-corrected chi connectivity index (χ2v) is 4.61. The quantitative estimate of drug-likeness (QED) is 0.787. The van der Waals surface area contributed by atoms with Crippen molar-refractivity contribution in [2.45, 2.75) is 12.8 Å². The predicted octanol–water partition coefficient (Wildman–Crippen LogP) is 2.35. The third-order valence-corrected chi connectivity index (χ3v) is 3.16. The van der Waals surface area contributed by atoms with Crippen molar-refractivity contribution >= 4 is 0 Å². The highest BCUT2D eigenvalue weighted by atomic mass is 16.1. The standard InChI is InChI=1S/C16H15N3O/c20-16-17-15(12-11-13-7-3-1-4-8-13)18-19(16)14-9-5-2-6-10-14/h1-10H,11-12H2,(H,17,18,20). The molecule has 1 heterocycles. The van der Waals surface area contributed by atoms with Gasteiger partial charge in [-0.15, -0.1) is 0 Å². The van der Waals surface area contributed by atoms with Crippen LogP contribution in [0.2, 0.25) is 0 Å². The molecule has 1 aromatic heterocycles. The van der Waals surface area contributed by atoms with Gasteiger partial charge in [-0.2, -0.15) is 9.78 Å². The van der Waals surface area contributed by atoms with E-state index in [0.29, 0.717) is 5.82 Å².